The van der Waals surface area contributed by atoms with E-state index >= 15 is 0 Å². The summed E-state index contributed by atoms with van der Waals surface area (Å²) in [5.74, 6) is -0.493. The molecule has 1 aromatic rings. The van der Waals surface area contributed by atoms with E-state index in [9.17, 15) is 10.0 Å². The van der Waals surface area contributed by atoms with Crippen LogP contribution in [0.25, 0.3) is 5.57 Å². The first-order chi connectivity index (χ1) is 6.66. The zero-order chi connectivity index (χ0) is 10.6. The van der Waals surface area contributed by atoms with E-state index in [1.54, 1.807) is 6.07 Å². The van der Waals surface area contributed by atoms with Crippen LogP contribution in [0.2, 0.25) is 0 Å². The molecule has 0 aliphatic heterocycles. The normalized spacial score (nSPS) is 9.50. The van der Waals surface area contributed by atoms with Crippen molar-refractivity contribution in [2.45, 2.75) is 0 Å². The summed E-state index contributed by atoms with van der Waals surface area (Å²) in [6, 6.07) is 3.61. The first kappa shape index (κ1) is 10.7. The second kappa shape index (κ2) is 4.74. The van der Waals surface area contributed by atoms with Crippen LogP contribution in [-0.4, -0.2) is 22.7 Å². The molecule has 4 heteroatoms. The number of carbonyl (C=O) groups excluding carboxylic acids is 1. The predicted molar refractivity (Wildman–Crippen MR) is 57.0 cm³/mol. The van der Waals surface area contributed by atoms with E-state index in [1.165, 1.54) is 17.4 Å². The summed E-state index contributed by atoms with van der Waals surface area (Å²) in [7, 11) is 0. The number of nitrogens with zero attached hydrogens (tertiary/aromatic N) is 1. The van der Waals surface area contributed by atoms with Crippen LogP contribution in [-0.2, 0) is 4.79 Å². The van der Waals surface area contributed by atoms with E-state index in [1.807, 2.05) is 11.4 Å². The summed E-state index contributed by atoms with van der Waals surface area (Å²) in [4.78, 5) is 12.2. The van der Waals surface area contributed by atoms with Crippen molar-refractivity contribution in [3.8, 4) is 0 Å². The Hall–Kier alpha value is -1.39. The molecular weight excluding hydrogens is 198 g/mol. The number of hydrogen-bond acceptors (Lipinski definition) is 3. The highest BCUT2D eigenvalue weighted by Gasteiger charge is 2.15. The van der Waals surface area contributed by atoms with Crippen molar-refractivity contribution < 1.29 is 10.0 Å². The highest BCUT2D eigenvalue weighted by molar-refractivity contribution is 7.11. The van der Waals surface area contributed by atoms with Gasteiger partial charge in [0, 0.05) is 4.88 Å². The number of hydrogen-bond donors (Lipinski definition) is 1. The van der Waals surface area contributed by atoms with Crippen molar-refractivity contribution >= 4 is 22.8 Å². The van der Waals surface area contributed by atoms with Crippen LogP contribution in [0.5, 0.6) is 0 Å². The van der Waals surface area contributed by atoms with Gasteiger partial charge in [-0.15, -0.1) is 17.9 Å². The van der Waals surface area contributed by atoms with Crippen molar-refractivity contribution in [1.29, 1.82) is 0 Å². The molecule has 3 nitrogen and oxygen atoms in total. The lowest BCUT2D eigenvalue weighted by atomic mass is 10.2. The second-order valence-electron chi connectivity index (χ2n) is 2.63. The first-order valence-corrected chi connectivity index (χ1v) is 4.89. The second-order valence-corrected chi connectivity index (χ2v) is 3.58. The van der Waals surface area contributed by atoms with Crippen molar-refractivity contribution in [3.05, 3.63) is 41.6 Å². The summed E-state index contributed by atoms with van der Waals surface area (Å²) < 4.78 is 0. The summed E-state index contributed by atoms with van der Waals surface area (Å²) in [5, 5.41) is 11.7. The van der Waals surface area contributed by atoms with E-state index in [0.717, 1.165) is 4.88 Å². The molecule has 0 saturated carbocycles. The van der Waals surface area contributed by atoms with Gasteiger partial charge in [0.2, 0.25) is 0 Å². The standard InChI is InChI=1S/C10H11NO2S/c1-3-6-11(13)10(12)8(2)9-5-4-7-14-9/h3-5,7,13H,1-2,6H2. The molecule has 0 aliphatic carbocycles. The van der Waals surface area contributed by atoms with Gasteiger partial charge >= 0.3 is 0 Å². The Balaban J connectivity index is 2.71. The van der Waals surface area contributed by atoms with Gasteiger partial charge in [-0.05, 0) is 11.4 Å². The summed E-state index contributed by atoms with van der Waals surface area (Å²) in [6.07, 6.45) is 1.44. The number of hydroxylamine groups is 2. The SMILES string of the molecule is C=CCN(O)C(=O)C(=C)c1cccs1. The van der Waals surface area contributed by atoms with Crippen LogP contribution < -0.4 is 0 Å². The number of carbonyl (C=O) groups is 1. The molecule has 0 saturated heterocycles. The molecule has 0 unspecified atom stereocenters. The van der Waals surface area contributed by atoms with Gasteiger partial charge in [0.25, 0.3) is 5.91 Å². The van der Waals surface area contributed by atoms with E-state index in [4.69, 9.17) is 0 Å². The van der Waals surface area contributed by atoms with Gasteiger partial charge in [-0.1, -0.05) is 18.7 Å². The third kappa shape index (κ3) is 2.31. The maximum absolute atomic E-state index is 11.5. The van der Waals surface area contributed by atoms with E-state index < -0.39 is 5.91 Å². The number of amides is 1. The maximum Gasteiger partial charge on any atom is 0.278 e. The predicted octanol–water partition coefficient (Wildman–Crippen LogP) is 2.17. The summed E-state index contributed by atoms with van der Waals surface area (Å²) >= 11 is 1.41. The molecular formula is C10H11NO2S. The molecule has 74 valence electrons. The molecule has 0 fully saturated rings. The molecule has 1 N–H and O–H groups in total. The molecule has 1 heterocycles. The van der Waals surface area contributed by atoms with Gasteiger partial charge < -0.3 is 0 Å². The lowest BCUT2D eigenvalue weighted by Crippen LogP contribution is -2.27. The Morgan fingerprint density at radius 2 is 2.43 bits per heavy atom. The fraction of sp³-hybridized carbons (Fsp3) is 0.100. The molecule has 0 spiro atoms. The molecule has 0 aromatic carbocycles. The Labute approximate surface area is 86.6 Å². The van der Waals surface area contributed by atoms with Crippen LogP contribution in [0.15, 0.2) is 36.7 Å². The third-order valence-electron chi connectivity index (χ3n) is 1.61. The minimum atomic E-state index is -0.493. The Bertz CT molecular complexity index is 343. The number of rotatable bonds is 4. The molecule has 1 aromatic heterocycles. The molecule has 0 radical (unpaired) electrons. The van der Waals surface area contributed by atoms with Gasteiger partial charge in [0.15, 0.2) is 0 Å². The Morgan fingerprint density at radius 3 is 2.93 bits per heavy atom. The molecule has 1 rings (SSSR count). The van der Waals surface area contributed by atoms with Crippen molar-refractivity contribution in [3.63, 3.8) is 0 Å². The van der Waals surface area contributed by atoms with Crippen LogP contribution in [0.1, 0.15) is 4.88 Å². The highest BCUT2D eigenvalue weighted by Crippen LogP contribution is 2.19. The van der Waals surface area contributed by atoms with Gasteiger partial charge in [0.05, 0.1) is 12.1 Å². The fourth-order valence-corrected chi connectivity index (χ4v) is 1.61. The lowest BCUT2D eigenvalue weighted by Gasteiger charge is -2.12. The van der Waals surface area contributed by atoms with Crippen LogP contribution in [0.4, 0.5) is 0 Å². The minimum Gasteiger partial charge on any atom is -0.285 e. The first-order valence-electron chi connectivity index (χ1n) is 4.01. The number of thiophene rings is 1. The zero-order valence-electron chi connectivity index (χ0n) is 7.64. The van der Waals surface area contributed by atoms with Crippen molar-refractivity contribution in [2.24, 2.45) is 0 Å². The van der Waals surface area contributed by atoms with Gasteiger partial charge in [-0.3, -0.25) is 10.0 Å². The minimum absolute atomic E-state index is 0.100. The molecule has 14 heavy (non-hydrogen) atoms. The highest BCUT2D eigenvalue weighted by atomic mass is 32.1. The average molecular weight is 209 g/mol. The quantitative estimate of drug-likeness (QED) is 0.357. The lowest BCUT2D eigenvalue weighted by molar-refractivity contribution is -0.155. The van der Waals surface area contributed by atoms with Crippen LogP contribution in [0, 0.1) is 0 Å². The van der Waals surface area contributed by atoms with Gasteiger partial charge in [0.1, 0.15) is 0 Å². The summed E-state index contributed by atoms with van der Waals surface area (Å²) in [6.45, 7) is 7.15. The zero-order valence-corrected chi connectivity index (χ0v) is 8.46. The monoisotopic (exact) mass is 209 g/mol. The van der Waals surface area contributed by atoms with Crippen molar-refractivity contribution in [1.82, 2.24) is 5.06 Å². The molecule has 0 atom stereocenters. The third-order valence-corrected chi connectivity index (χ3v) is 2.54. The van der Waals surface area contributed by atoms with Gasteiger partial charge in [-0.25, -0.2) is 5.06 Å². The molecule has 1 amide bonds. The summed E-state index contributed by atoms with van der Waals surface area (Å²) in [5.41, 5.74) is 0.296. The Morgan fingerprint density at radius 1 is 1.71 bits per heavy atom. The smallest absolute Gasteiger partial charge is 0.278 e. The fourth-order valence-electron chi connectivity index (χ4n) is 0.917. The van der Waals surface area contributed by atoms with E-state index in [-0.39, 0.29) is 6.54 Å². The van der Waals surface area contributed by atoms with Gasteiger partial charge in [-0.2, -0.15) is 0 Å². The Kier molecular flexibility index (Phi) is 3.62. The van der Waals surface area contributed by atoms with Crippen LogP contribution >= 0.6 is 11.3 Å². The largest absolute Gasteiger partial charge is 0.285 e. The average Bonchev–Trinajstić information content (AvgIpc) is 2.68. The molecule has 0 bridgehead atoms. The molecule has 0 aliphatic rings. The van der Waals surface area contributed by atoms with Crippen LogP contribution in [0.3, 0.4) is 0 Å². The van der Waals surface area contributed by atoms with E-state index in [2.05, 4.69) is 13.2 Å². The van der Waals surface area contributed by atoms with E-state index in [0.29, 0.717) is 10.6 Å². The van der Waals surface area contributed by atoms with Crippen molar-refractivity contribution in [2.75, 3.05) is 6.54 Å². The topological polar surface area (TPSA) is 40.5 Å². The maximum atomic E-state index is 11.5.